The summed E-state index contributed by atoms with van der Waals surface area (Å²) in [7, 11) is 1.20. The number of benzene rings is 1. The largest absolute Gasteiger partial charge is 0.466 e. The number of nitrogens with zero attached hydrogens (tertiary/aromatic N) is 1. The van der Waals surface area contributed by atoms with E-state index in [1.807, 2.05) is 0 Å². The number of carbonyl (C=O) groups excluding carboxylic acids is 2. The van der Waals surface area contributed by atoms with Crippen LogP contribution in [-0.4, -0.2) is 24.0 Å². The highest BCUT2D eigenvalue weighted by molar-refractivity contribution is 6.35. The molecule has 1 aromatic carbocycles. The SMILES string of the molecule is COC(=O)C(OC(=O)c1cc(C)ncc1C)c1ccc(Cl)cc1Cl. The van der Waals surface area contributed by atoms with Crippen molar-refractivity contribution in [2.45, 2.75) is 20.0 Å². The smallest absolute Gasteiger partial charge is 0.352 e. The lowest BCUT2D eigenvalue weighted by atomic mass is 10.1. The normalized spacial score (nSPS) is 11.7. The first kappa shape index (κ1) is 18.2. The third-order valence-corrected chi connectivity index (χ3v) is 3.91. The predicted octanol–water partition coefficient (Wildman–Crippen LogP) is 4.08. The molecule has 2 rings (SSSR count). The van der Waals surface area contributed by atoms with Gasteiger partial charge in [-0.1, -0.05) is 29.3 Å². The van der Waals surface area contributed by atoms with Gasteiger partial charge in [0.15, 0.2) is 0 Å². The quantitative estimate of drug-likeness (QED) is 0.761. The topological polar surface area (TPSA) is 65.5 Å². The van der Waals surface area contributed by atoms with Gasteiger partial charge in [0, 0.05) is 27.5 Å². The molecule has 0 spiro atoms. The first-order valence-electron chi connectivity index (χ1n) is 7.00. The molecule has 1 aromatic heterocycles. The molecule has 1 atom stereocenters. The number of aryl methyl sites for hydroxylation is 2. The van der Waals surface area contributed by atoms with E-state index in [9.17, 15) is 9.59 Å². The lowest BCUT2D eigenvalue weighted by Crippen LogP contribution is -2.22. The van der Waals surface area contributed by atoms with Gasteiger partial charge in [-0.05, 0) is 37.6 Å². The zero-order valence-corrected chi connectivity index (χ0v) is 14.8. The number of hydrogen-bond donors (Lipinski definition) is 0. The van der Waals surface area contributed by atoms with Crippen LogP contribution in [0.5, 0.6) is 0 Å². The van der Waals surface area contributed by atoms with E-state index in [-0.39, 0.29) is 5.02 Å². The Morgan fingerprint density at radius 2 is 1.88 bits per heavy atom. The summed E-state index contributed by atoms with van der Waals surface area (Å²) in [5.41, 5.74) is 1.91. The van der Waals surface area contributed by atoms with Crippen molar-refractivity contribution < 1.29 is 19.1 Å². The summed E-state index contributed by atoms with van der Waals surface area (Å²) in [6.45, 7) is 3.48. The second kappa shape index (κ2) is 7.64. The molecular weight excluding hydrogens is 353 g/mol. The van der Waals surface area contributed by atoms with Crippen LogP contribution in [0.4, 0.5) is 0 Å². The minimum absolute atomic E-state index is 0.202. The predicted molar refractivity (Wildman–Crippen MR) is 90.3 cm³/mol. The molecule has 0 amide bonds. The van der Waals surface area contributed by atoms with Crippen molar-refractivity contribution in [1.29, 1.82) is 0 Å². The highest BCUT2D eigenvalue weighted by atomic mass is 35.5. The Morgan fingerprint density at radius 3 is 2.50 bits per heavy atom. The Balaban J connectivity index is 2.37. The zero-order chi connectivity index (χ0) is 17.9. The van der Waals surface area contributed by atoms with Crippen molar-refractivity contribution in [3.8, 4) is 0 Å². The summed E-state index contributed by atoms with van der Waals surface area (Å²) in [6, 6.07) is 6.12. The minimum atomic E-state index is -1.29. The van der Waals surface area contributed by atoms with Gasteiger partial charge in [0.05, 0.1) is 12.7 Å². The zero-order valence-electron chi connectivity index (χ0n) is 13.3. The van der Waals surface area contributed by atoms with E-state index in [4.69, 9.17) is 32.7 Å². The van der Waals surface area contributed by atoms with Crippen LogP contribution in [0.25, 0.3) is 0 Å². The van der Waals surface area contributed by atoms with Crippen LogP contribution in [-0.2, 0) is 14.3 Å². The molecular formula is C17H15Cl2NO4. The van der Waals surface area contributed by atoms with Crippen LogP contribution in [0.2, 0.25) is 10.0 Å². The molecule has 0 aliphatic carbocycles. The van der Waals surface area contributed by atoms with Crippen LogP contribution in [0.15, 0.2) is 30.5 Å². The van der Waals surface area contributed by atoms with Gasteiger partial charge in [-0.2, -0.15) is 0 Å². The van der Waals surface area contributed by atoms with Crippen molar-refractivity contribution in [1.82, 2.24) is 4.98 Å². The first-order chi connectivity index (χ1) is 11.3. The minimum Gasteiger partial charge on any atom is -0.466 e. The summed E-state index contributed by atoms with van der Waals surface area (Å²) in [4.78, 5) is 28.6. The molecule has 0 aliphatic heterocycles. The maximum absolute atomic E-state index is 12.5. The van der Waals surface area contributed by atoms with Gasteiger partial charge >= 0.3 is 11.9 Å². The van der Waals surface area contributed by atoms with E-state index in [0.717, 1.165) is 0 Å². The van der Waals surface area contributed by atoms with Crippen molar-refractivity contribution in [2.75, 3.05) is 7.11 Å². The van der Waals surface area contributed by atoms with E-state index in [1.54, 1.807) is 32.2 Å². The van der Waals surface area contributed by atoms with Gasteiger partial charge in [-0.15, -0.1) is 0 Å². The van der Waals surface area contributed by atoms with Crippen LogP contribution < -0.4 is 0 Å². The lowest BCUT2D eigenvalue weighted by molar-refractivity contribution is -0.151. The van der Waals surface area contributed by atoms with Crippen molar-refractivity contribution in [3.63, 3.8) is 0 Å². The molecule has 2 aromatic rings. The molecule has 0 saturated heterocycles. The molecule has 0 fully saturated rings. The van der Waals surface area contributed by atoms with Gasteiger partial charge in [-0.25, -0.2) is 9.59 Å². The monoisotopic (exact) mass is 367 g/mol. The van der Waals surface area contributed by atoms with Crippen LogP contribution in [0, 0.1) is 13.8 Å². The highest BCUT2D eigenvalue weighted by Gasteiger charge is 2.29. The third kappa shape index (κ3) is 4.04. The Bertz CT molecular complexity index is 792. The van der Waals surface area contributed by atoms with Crippen molar-refractivity contribution in [3.05, 3.63) is 62.9 Å². The van der Waals surface area contributed by atoms with E-state index in [0.29, 0.717) is 27.4 Å². The second-order valence-electron chi connectivity index (χ2n) is 5.11. The van der Waals surface area contributed by atoms with Crippen LogP contribution in [0.1, 0.15) is 33.3 Å². The Labute approximate surface area is 149 Å². The fraction of sp³-hybridized carbons (Fsp3) is 0.235. The molecule has 126 valence electrons. The standard InChI is InChI=1S/C17H15Cl2NO4/c1-9-8-20-10(2)6-13(9)16(21)24-15(17(22)23-3)12-5-4-11(18)7-14(12)19/h4-8,15H,1-3H3. The number of esters is 2. The first-order valence-corrected chi connectivity index (χ1v) is 7.76. The van der Waals surface area contributed by atoms with Gasteiger partial charge in [-0.3, -0.25) is 4.98 Å². The number of methoxy groups -OCH3 is 1. The van der Waals surface area contributed by atoms with Gasteiger partial charge in [0.25, 0.3) is 0 Å². The Hall–Kier alpha value is -2.11. The molecule has 5 nitrogen and oxygen atoms in total. The number of rotatable bonds is 4. The Kier molecular flexibility index (Phi) is 5.80. The molecule has 0 N–H and O–H groups in total. The summed E-state index contributed by atoms with van der Waals surface area (Å²) >= 11 is 12.0. The molecule has 0 aliphatic rings. The molecule has 0 saturated carbocycles. The number of hydrogen-bond acceptors (Lipinski definition) is 5. The maximum Gasteiger partial charge on any atom is 0.352 e. The van der Waals surface area contributed by atoms with Gasteiger partial charge in [0.2, 0.25) is 6.10 Å². The second-order valence-corrected chi connectivity index (χ2v) is 5.96. The van der Waals surface area contributed by atoms with E-state index in [2.05, 4.69) is 4.98 Å². The fourth-order valence-electron chi connectivity index (χ4n) is 2.08. The van der Waals surface area contributed by atoms with Gasteiger partial charge in [0.1, 0.15) is 0 Å². The molecule has 1 heterocycles. The molecule has 0 bridgehead atoms. The van der Waals surface area contributed by atoms with E-state index < -0.39 is 18.0 Å². The molecule has 0 radical (unpaired) electrons. The number of ether oxygens (including phenoxy) is 2. The molecule has 24 heavy (non-hydrogen) atoms. The van der Waals surface area contributed by atoms with Crippen LogP contribution in [0.3, 0.4) is 0 Å². The van der Waals surface area contributed by atoms with Crippen molar-refractivity contribution in [2.24, 2.45) is 0 Å². The fourth-order valence-corrected chi connectivity index (χ4v) is 2.59. The molecule has 7 heteroatoms. The van der Waals surface area contributed by atoms with E-state index >= 15 is 0 Å². The summed E-state index contributed by atoms with van der Waals surface area (Å²) in [5.74, 6) is -1.41. The summed E-state index contributed by atoms with van der Waals surface area (Å²) in [6.07, 6.45) is 0.272. The lowest BCUT2D eigenvalue weighted by Gasteiger charge is -2.18. The third-order valence-electron chi connectivity index (χ3n) is 3.34. The number of aromatic nitrogens is 1. The number of pyridine rings is 1. The Morgan fingerprint density at radius 1 is 1.17 bits per heavy atom. The van der Waals surface area contributed by atoms with E-state index in [1.165, 1.54) is 19.2 Å². The highest BCUT2D eigenvalue weighted by Crippen LogP contribution is 2.30. The summed E-state index contributed by atoms with van der Waals surface area (Å²) in [5, 5.41) is 0.604. The van der Waals surface area contributed by atoms with Gasteiger partial charge < -0.3 is 9.47 Å². The number of halogens is 2. The average Bonchev–Trinajstić information content (AvgIpc) is 2.54. The van der Waals surface area contributed by atoms with Crippen LogP contribution >= 0.6 is 23.2 Å². The average molecular weight is 368 g/mol. The maximum atomic E-state index is 12.5. The molecule has 1 unspecified atom stereocenters. The summed E-state index contributed by atoms with van der Waals surface area (Å²) < 4.78 is 10.1. The number of carbonyl (C=O) groups is 2. The van der Waals surface area contributed by atoms with Crippen molar-refractivity contribution >= 4 is 35.1 Å².